The van der Waals surface area contributed by atoms with Crippen LogP contribution >= 0.6 is 11.8 Å². The molecule has 0 fully saturated rings. The summed E-state index contributed by atoms with van der Waals surface area (Å²) < 4.78 is 0. The van der Waals surface area contributed by atoms with Gasteiger partial charge in [0.2, 0.25) is 0 Å². The SMILES string of the molecule is N#CCC1(SCc2ccccc2)N=NN=N1. The average molecular weight is 231 g/mol. The van der Waals surface area contributed by atoms with Crippen LogP contribution in [0.1, 0.15) is 12.0 Å². The first-order valence-electron chi connectivity index (χ1n) is 4.73. The normalized spacial score (nSPS) is 16.2. The fraction of sp³-hybridized carbons (Fsp3) is 0.300. The number of rotatable bonds is 4. The molecule has 80 valence electrons. The van der Waals surface area contributed by atoms with Crippen LogP contribution in [0.2, 0.25) is 0 Å². The topological polar surface area (TPSA) is 73.2 Å². The zero-order valence-corrected chi connectivity index (χ0v) is 9.26. The van der Waals surface area contributed by atoms with Crippen molar-refractivity contribution in [3.8, 4) is 6.07 Å². The molecule has 0 unspecified atom stereocenters. The van der Waals surface area contributed by atoms with Gasteiger partial charge in [-0.1, -0.05) is 42.1 Å². The van der Waals surface area contributed by atoms with Crippen LogP contribution < -0.4 is 0 Å². The van der Waals surface area contributed by atoms with Crippen molar-refractivity contribution in [3.63, 3.8) is 0 Å². The van der Waals surface area contributed by atoms with E-state index in [1.165, 1.54) is 17.3 Å². The zero-order chi connectivity index (χ0) is 11.3. The van der Waals surface area contributed by atoms with E-state index in [1.807, 2.05) is 30.3 Å². The van der Waals surface area contributed by atoms with Crippen LogP contribution in [0, 0.1) is 11.3 Å². The molecule has 6 heteroatoms. The van der Waals surface area contributed by atoms with Crippen LogP contribution in [-0.4, -0.2) is 4.99 Å². The van der Waals surface area contributed by atoms with Gasteiger partial charge in [0.15, 0.2) is 0 Å². The highest BCUT2D eigenvalue weighted by Crippen LogP contribution is 2.37. The van der Waals surface area contributed by atoms with Crippen LogP contribution in [-0.2, 0) is 5.75 Å². The molecular weight excluding hydrogens is 222 g/mol. The van der Waals surface area contributed by atoms with Crippen molar-refractivity contribution >= 4 is 11.8 Å². The Labute approximate surface area is 97.3 Å². The molecule has 0 radical (unpaired) electrons. The van der Waals surface area contributed by atoms with Gasteiger partial charge in [0.1, 0.15) is 0 Å². The molecule has 0 saturated heterocycles. The fourth-order valence-electron chi connectivity index (χ4n) is 1.26. The Balaban J connectivity index is 2.01. The summed E-state index contributed by atoms with van der Waals surface area (Å²) in [6, 6.07) is 12.0. The van der Waals surface area contributed by atoms with Crippen molar-refractivity contribution in [1.82, 2.24) is 0 Å². The van der Waals surface area contributed by atoms with Crippen molar-refractivity contribution in [3.05, 3.63) is 35.9 Å². The van der Waals surface area contributed by atoms with Gasteiger partial charge in [-0.2, -0.15) is 5.26 Å². The third kappa shape index (κ3) is 2.44. The van der Waals surface area contributed by atoms with Gasteiger partial charge in [-0.25, -0.2) is 0 Å². The number of nitriles is 1. The molecule has 0 bridgehead atoms. The lowest BCUT2D eigenvalue weighted by Gasteiger charge is -2.14. The van der Waals surface area contributed by atoms with Crippen molar-refractivity contribution in [2.75, 3.05) is 0 Å². The van der Waals surface area contributed by atoms with Crippen molar-refractivity contribution in [1.29, 1.82) is 5.26 Å². The highest BCUT2D eigenvalue weighted by atomic mass is 32.2. The predicted octanol–water partition coefficient (Wildman–Crippen LogP) is 3.32. The zero-order valence-electron chi connectivity index (χ0n) is 8.45. The molecule has 0 aliphatic carbocycles. The molecule has 0 atom stereocenters. The molecule has 1 aromatic carbocycles. The summed E-state index contributed by atoms with van der Waals surface area (Å²) in [5.74, 6) is 0.737. The molecule has 1 aliphatic rings. The second-order valence-corrected chi connectivity index (χ2v) is 4.46. The minimum atomic E-state index is -0.829. The van der Waals surface area contributed by atoms with Crippen LogP contribution in [0.25, 0.3) is 0 Å². The summed E-state index contributed by atoms with van der Waals surface area (Å²) in [5.41, 5.74) is 1.17. The molecule has 1 aliphatic heterocycles. The minimum Gasteiger partial charge on any atom is -0.198 e. The molecule has 1 aromatic rings. The van der Waals surface area contributed by atoms with Gasteiger partial charge in [0.05, 0.1) is 12.5 Å². The number of thioether (sulfide) groups is 1. The van der Waals surface area contributed by atoms with Crippen LogP contribution in [0.5, 0.6) is 0 Å². The highest BCUT2D eigenvalue weighted by molar-refractivity contribution is 7.99. The Morgan fingerprint density at radius 1 is 1.19 bits per heavy atom. The van der Waals surface area contributed by atoms with E-state index in [1.54, 1.807) is 0 Å². The Morgan fingerprint density at radius 2 is 1.88 bits per heavy atom. The highest BCUT2D eigenvalue weighted by Gasteiger charge is 2.33. The predicted molar refractivity (Wildman–Crippen MR) is 60.4 cm³/mol. The number of hydrogen-bond donors (Lipinski definition) is 0. The van der Waals surface area contributed by atoms with Crippen LogP contribution in [0.15, 0.2) is 51.0 Å². The lowest BCUT2D eigenvalue weighted by Crippen LogP contribution is -2.15. The van der Waals surface area contributed by atoms with Gasteiger partial charge in [0, 0.05) is 5.75 Å². The van der Waals surface area contributed by atoms with Gasteiger partial charge >= 0.3 is 0 Å². The first-order valence-corrected chi connectivity index (χ1v) is 5.72. The fourth-order valence-corrected chi connectivity index (χ4v) is 2.20. The Morgan fingerprint density at radius 3 is 2.50 bits per heavy atom. The van der Waals surface area contributed by atoms with Crippen molar-refractivity contribution in [2.24, 2.45) is 20.7 Å². The van der Waals surface area contributed by atoms with Gasteiger partial charge in [-0.05, 0) is 16.0 Å². The van der Waals surface area contributed by atoms with E-state index >= 15 is 0 Å². The van der Waals surface area contributed by atoms with Gasteiger partial charge < -0.3 is 0 Å². The molecule has 2 rings (SSSR count). The largest absolute Gasteiger partial charge is 0.253 e. The minimum absolute atomic E-state index is 0.192. The molecule has 0 saturated carbocycles. The Kier molecular flexibility index (Phi) is 3.27. The summed E-state index contributed by atoms with van der Waals surface area (Å²) in [6.07, 6.45) is 0.192. The molecule has 0 spiro atoms. The van der Waals surface area contributed by atoms with Crippen molar-refractivity contribution in [2.45, 2.75) is 17.2 Å². The van der Waals surface area contributed by atoms with E-state index in [0.29, 0.717) is 0 Å². The second kappa shape index (κ2) is 4.86. The van der Waals surface area contributed by atoms with E-state index in [9.17, 15) is 0 Å². The summed E-state index contributed by atoms with van der Waals surface area (Å²) in [7, 11) is 0. The van der Waals surface area contributed by atoms with E-state index in [2.05, 4.69) is 26.7 Å². The first kappa shape index (κ1) is 10.8. The van der Waals surface area contributed by atoms with Gasteiger partial charge in [0.25, 0.3) is 4.99 Å². The summed E-state index contributed by atoms with van der Waals surface area (Å²) >= 11 is 1.47. The van der Waals surface area contributed by atoms with Crippen molar-refractivity contribution < 1.29 is 0 Å². The maximum absolute atomic E-state index is 8.72. The molecule has 16 heavy (non-hydrogen) atoms. The van der Waals surface area contributed by atoms with Crippen LogP contribution in [0.4, 0.5) is 0 Å². The third-order valence-corrected chi connectivity index (χ3v) is 3.31. The summed E-state index contributed by atoms with van der Waals surface area (Å²) in [6.45, 7) is 0. The molecule has 5 nitrogen and oxygen atoms in total. The molecular formula is C10H9N5S. The summed E-state index contributed by atoms with van der Waals surface area (Å²) in [5, 5.41) is 23.5. The number of hydrogen-bond acceptors (Lipinski definition) is 6. The first-order chi connectivity index (χ1) is 7.85. The van der Waals surface area contributed by atoms with Crippen LogP contribution in [0.3, 0.4) is 0 Å². The third-order valence-electron chi connectivity index (χ3n) is 2.06. The summed E-state index contributed by atoms with van der Waals surface area (Å²) in [4.78, 5) is -0.829. The van der Waals surface area contributed by atoms with E-state index in [0.717, 1.165) is 5.75 Å². The van der Waals surface area contributed by atoms with E-state index in [4.69, 9.17) is 5.26 Å². The molecule has 0 amide bonds. The maximum atomic E-state index is 8.72. The molecule has 1 heterocycles. The number of benzene rings is 1. The molecule has 0 aromatic heterocycles. The quantitative estimate of drug-likeness (QED) is 0.797. The average Bonchev–Trinajstić information content (AvgIpc) is 2.78. The monoisotopic (exact) mass is 231 g/mol. The van der Waals surface area contributed by atoms with Gasteiger partial charge in [-0.15, -0.1) is 10.2 Å². The van der Waals surface area contributed by atoms with E-state index in [-0.39, 0.29) is 6.42 Å². The Hall–Kier alpha value is -1.74. The Bertz CT molecular complexity index is 436. The lowest BCUT2D eigenvalue weighted by molar-refractivity contribution is 0.654. The smallest absolute Gasteiger partial charge is 0.198 e. The second-order valence-electron chi connectivity index (χ2n) is 3.23. The standard InChI is InChI=1S/C10H9N5S/c11-7-6-10(12-14-15-13-10)16-8-9-4-2-1-3-5-9/h1-5H,6,8H2. The maximum Gasteiger partial charge on any atom is 0.253 e. The lowest BCUT2D eigenvalue weighted by atomic mass is 10.2. The number of nitrogens with zero attached hydrogens (tertiary/aromatic N) is 5. The van der Waals surface area contributed by atoms with Gasteiger partial charge in [-0.3, -0.25) is 0 Å². The van der Waals surface area contributed by atoms with E-state index < -0.39 is 4.99 Å². The molecule has 0 N–H and O–H groups in total.